The molecule has 1 aliphatic rings. The highest BCUT2D eigenvalue weighted by molar-refractivity contribution is 6.74. The first-order valence-electron chi connectivity index (χ1n) is 10.5. The molecular formula is C21H32N4O4Si. The van der Waals surface area contributed by atoms with Crippen LogP contribution < -0.4 is 4.74 Å². The maximum absolute atomic E-state index is 11.9. The third kappa shape index (κ3) is 4.72. The number of hydrogen-bond acceptors (Lipinski definition) is 6. The van der Waals surface area contributed by atoms with E-state index in [1.165, 1.54) is 0 Å². The fourth-order valence-corrected chi connectivity index (χ4v) is 4.14. The second-order valence-electron chi connectivity index (χ2n) is 9.40. The average Bonchev–Trinajstić information content (AvgIpc) is 3.41. The standard InChI is InChI=1S/C21H32N4O4Si/c1-15-17(9-7-12-22-15)24-18(16-10-11-16)19(25(26)27)20(23-24)28-13-8-14-29-30(5,6)21(2,3)4/h7,9,12,16H,8,10-11,13-14H2,1-6H3. The summed E-state index contributed by atoms with van der Waals surface area (Å²) in [7, 11) is -1.82. The Kier molecular flexibility index (Phi) is 6.33. The van der Waals surface area contributed by atoms with E-state index >= 15 is 0 Å². The Balaban J connectivity index is 1.76. The van der Waals surface area contributed by atoms with E-state index in [0.717, 1.165) is 24.2 Å². The van der Waals surface area contributed by atoms with E-state index in [2.05, 4.69) is 43.9 Å². The Hall–Kier alpha value is -2.26. The summed E-state index contributed by atoms with van der Waals surface area (Å²) in [6.45, 7) is 13.8. The number of aryl methyl sites for hydroxylation is 1. The lowest BCUT2D eigenvalue weighted by atomic mass is 10.2. The minimum absolute atomic E-state index is 0.0222. The Morgan fingerprint density at radius 2 is 2.00 bits per heavy atom. The van der Waals surface area contributed by atoms with Crippen molar-refractivity contribution in [2.24, 2.45) is 0 Å². The molecule has 3 rings (SSSR count). The third-order valence-corrected chi connectivity index (χ3v) is 10.6. The number of hydrogen-bond donors (Lipinski definition) is 0. The summed E-state index contributed by atoms with van der Waals surface area (Å²) in [5.41, 5.74) is 2.11. The molecule has 0 spiro atoms. The highest BCUT2D eigenvalue weighted by atomic mass is 28.4. The monoisotopic (exact) mass is 432 g/mol. The minimum atomic E-state index is -1.82. The van der Waals surface area contributed by atoms with Gasteiger partial charge in [0.25, 0.3) is 0 Å². The molecule has 2 heterocycles. The van der Waals surface area contributed by atoms with E-state index in [9.17, 15) is 10.1 Å². The molecule has 0 N–H and O–H groups in total. The first-order valence-corrected chi connectivity index (χ1v) is 13.4. The first kappa shape index (κ1) is 22.4. The summed E-state index contributed by atoms with van der Waals surface area (Å²) in [6.07, 6.45) is 4.20. The molecule has 0 atom stereocenters. The first-order chi connectivity index (χ1) is 14.0. The van der Waals surface area contributed by atoms with Gasteiger partial charge in [0.15, 0.2) is 8.32 Å². The van der Waals surface area contributed by atoms with Crippen LogP contribution in [0.15, 0.2) is 18.3 Å². The molecule has 0 radical (unpaired) electrons. The summed E-state index contributed by atoms with van der Waals surface area (Å²) in [6, 6.07) is 3.69. The van der Waals surface area contributed by atoms with Gasteiger partial charge in [0.2, 0.25) is 0 Å². The molecule has 1 saturated carbocycles. The van der Waals surface area contributed by atoms with Crippen LogP contribution in [0.25, 0.3) is 5.69 Å². The topological polar surface area (TPSA) is 92.3 Å². The van der Waals surface area contributed by atoms with Gasteiger partial charge >= 0.3 is 11.6 Å². The van der Waals surface area contributed by atoms with Crippen molar-refractivity contribution in [1.82, 2.24) is 14.8 Å². The molecule has 1 aliphatic carbocycles. The van der Waals surface area contributed by atoms with E-state index in [4.69, 9.17) is 9.16 Å². The van der Waals surface area contributed by atoms with E-state index in [0.29, 0.717) is 25.3 Å². The molecule has 9 heteroatoms. The zero-order valence-electron chi connectivity index (χ0n) is 18.8. The lowest BCUT2D eigenvalue weighted by Crippen LogP contribution is -2.41. The van der Waals surface area contributed by atoms with Crippen LogP contribution in [0.3, 0.4) is 0 Å². The Morgan fingerprint density at radius 1 is 1.30 bits per heavy atom. The van der Waals surface area contributed by atoms with Gasteiger partial charge in [-0.1, -0.05) is 20.8 Å². The number of nitrogens with zero attached hydrogens (tertiary/aromatic N) is 4. The van der Waals surface area contributed by atoms with Gasteiger partial charge in [-0.3, -0.25) is 15.1 Å². The molecule has 8 nitrogen and oxygen atoms in total. The molecular weight excluding hydrogens is 400 g/mol. The summed E-state index contributed by atoms with van der Waals surface area (Å²) < 4.78 is 13.6. The van der Waals surface area contributed by atoms with Crippen molar-refractivity contribution in [1.29, 1.82) is 0 Å². The van der Waals surface area contributed by atoms with E-state index in [1.54, 1.807) is 10.9 Å². The van der Waals surface area contributed by atoms with Crippen LogP contribution in [0, 0.1) is 17.0 Å². The molecule has 0 unspecified atom stereocenters. The van der Waals surface area contributed by atoms with Gasteiger partial charge < -0.3 is 9.16 Å². The van der Waals surface area contributed by atoms with Gasteiger partial charge in [-0.15, -0.1) is 5.10 Å². The minimum Gasteiger partial charge on any atom is -0.472 e. The summed E-state index contributed by atoms with van der Waals surface area (Å²) in [5, 5.41) is 16.5. The molecule has 0 bridgehead atoms. The van der Waals surface area contributed by atoms with Crippen molar-refractivity contribution in [2.45, 2.75) is 71.0 Å². The van der Waals surface area contributed by atoms with E-state index in [-0.39, 0.29) is 27.4 Å². The van der Waals surface area contributed by atoms with Crippen molar-refractivity contribution in [3.05, 3.63) is 39.8 Å². The quantitative estimate of drug-likeness (QED) is 0.235. The fourth-order valence-electron chi connectivity index (χ4n) is 3.05. The molecule has 0 aliphatic heterocycles. The molecule has 1 fully saturated rings. The number of rotatable bonds is 9. The maximum Gasteiger partial charge on any atom is 0.354 e. The smallest absolute Gasteiger partial charge is 0.354 e. The van der Waals surface area contributed by atoms with Crippen molar-refractivity contribution < 1.29 is 14.1 Å². The highest BCUT2D eigenvalue weighted by Gasteiger charge is 2.40. The second kappa shape index (κ2) is 8.47. The van der Waals surface area contributed by atoms with Crippen LogP contribution >= 0.6 is 0 Å². The normalized spacial score (nSPS) is 14.7. The Bertz CT molecular complexity index is 916. The Morgan fingerprint density at radius 3 is 2.57 bits per heavy atom. The van der Waals surface area contributed by atoms with Gasteiger partial charge in [0.1, 0.15) is 5.69 Å². The predicted octanol–water partition coefficient (Wildman–Crippen LogP) is 5.15. The van der Waals surface area contributed by atoms with E-state index in [1.807, 2.05) is 19.1 Å². The number of ether oxygens (including phenoxy) is 1. The van der Waals surface area contributed by atoms with Crippen molar-refractivity contribution in [3.8, 4) is 11.6 Å². The average molecular weight is 433 g/mol. The molecule has 164 valence electrons. The molecule has 2 aromatic heterocycles. The van der Waals surface area contributed by atoms with Crippen LogP contribution in [0.2, 0.25) is 18.1 Å². The zero-order valence-corrected chi connectivity index (χ0v) is 19.8. The molecule has 2 aromatic rings. The van der Waals surface area contributed by atoms with Crippen LogP contribution in [-0.4, -0.2) is 41.2 Å². The summed E-state index contributed by atoms with van der Waals surface area (Å²) in [4.78, 5) is 15.8. The Labute approximate surface area is 178 Å². The van der Waals surface area contributed by atoms with Crippen LogP contribution in [0.5, 0.6) is 5.88 Å². The van der Waals surface area contributed by atoms with Gasteiger partial charge in [0, 0.05) is 25.1 Å². The van der Waals surface area contributed by atoms with Gasteiger partial charge in [-0.05, 0) is 50.0 Å². The predicted molar refractivity (Wildman–Crippen MR) is 118 cm³/mol. The summed E-state index contributed by atoms with van der Waals surface area (Å²) >= 11 is 0. The van der Waals surface area contributed by atoms with Crippen molar-refractivity contribution >= 4 is 14.0 Å². The molecule has 0 saturated heterocycles. The van der Waals surface area contributed by atoms with Crippen LogP contribution in [-0.2, 0) is 4.43 Å². The third-order valence-electron chi connectivity index (χ3n) is 6.01. The number of aromatic nitrogens is 3. The summed E-state index contributed by atoms with van der Waals surface area (Å²) in [5.74, 6) is 0.217. The van der Waals surface area contributed by atoms with E-state index < -0.39 is 8.32 Å². The van der Waals surface area contributed by atoms with Crippen molar-refractivity contribution in [3.63, 3.8) is 0 Å². The number of pyridine rings is 1. The van der Waals surface area contributed by atoms with Crippen LogP contribution in [0.4, 0.5) is 5.69 Å². The SMILES string of the molecule is Cc1ncccc1-n1nc(OCCCO[Si](C)(C)C(C)(C)C)c([N+](=O)[O-])c1C1CC1. The molecule has 0 amide bonds. The highest BCUT2D eigenvalue weighted by Crippen LogP contribution is 2.48. The van der Waals surface area contributed by atoms with Crippen molar-refractivity contribution in [2.75, 3.05) is 13.2 Å². The van der Waals surface area contributed by atoms with Gasteiger partial charge in [-0.2, -0.15) is 0 Å². The fraction of sp³-hybridized carbons (Fsp3) is 0.619. The second-order valence-corrected chi connectivity index (χ2v) is 14.2. The lowest BCUT2D eigenvalue weighted by molar-refractivity contribution is -0.386. The van der Waals surface area contributed by atoms with Gasteiger partial charge in [0.05, 0.1) is 22.9 Å². The lowest BCUT2D eigenvalue weighted by Gasteiger charge is -2.36. The molecule has 30 heavy (non-hydrogen) atoms. The van der Waals surface area contributed by atoms with Crippen LogP contribution in [0.1, 0.15) is 57.3 Å². The largest absolute Gasteiger partial charge is 0.472 e. The number of nitro groups is 1. The van der Waals surface area contributed by atoms with Gasteiger partial charge in [-0.25, -0.2) is 4.68 Å². The molecule has 0 aromatic carbocycles. The zero-order chi connectivity index (χ0) is 22.1. The maximum atomic E-state index is 11.9.